The molecule has 1 N–H and O–H groups in total. The number of hydrogen-bond acceptors (Lipinski definition) is 3. The van der Waals surface area contributed by atoms with E-state index < -0.39 is 6.10 Å². The fourth-order valence-corrected chi connectivity index (χ4v) is 3.15. The number of fused-ring (bicyclic) bond motifs is 1. The van der Waals surface area contributed by atoms with E-state index in [0.717, 1.165) is 15.5 Å². The van der Waals surface area contributed by atoms with Crippen LogP contribution in [-0.2, 0) is 13.1 Å². The molecule has 0 bridgehead atoms. The second-order valence-electron chi connectivity index (χ2n) is 5.55. The lowest BCUT2D eigenvalue weighted by Crippen LogP contribution is -2.31. The third-order valence-corrected chi connectivity index (χ3v) is 4.37. The number of imidazole rings is 1. The van der Waals surface area contributed by atoms with Gasteiger partial charge < -0.3 is 9.84 Å². The van der Waals surface area contributed by atoms with E-state index in [1.165, 1.54) is 0 Å². The van der Waals surface area contributed by atoms with Gasteiger partial charge >= 0.3 is 5.69 Å². The Bertz CT molecular complexity index is 901. The van der Waals surface area contributed by atoms with Gasteiger partial charge in [-0.25, -0.2) is 4.79 Å². The Morgan fingerprint density at radius 1 is 1.12 bits per heavy atom. The van der Waals surface area contributed by atoms with Gasteiger partial charge in [-0.15, -0.1) is 0 Å². The summed E-state index contributed by atoms with van der Waals surface area (Å²) in [7, 11) is 0. The monoisotopic (exact) mass is 390 g/mol. The molecule has 126 valence electrons. The molecule has 24 heavy (non-hydrogen) atoms. The largest absolute Gasteiger partial charge is 0.491 e. The Balaban J connectivity index is 1.77. The Hall–Kier alpha value is -2.05. The van der Waals surface area contributed by atoms with Crippen molar-refractivity contribution in [1.29, 1.82) is 0 Å². The third kappa shape index (κ3) is 3.39. The van der Waals surface area contributed by atoms with Crippen molar-refractivity contribution in [2.75, 3.05) is 6.61 Å². The van der Waals surface area contributed by atoms with Gasteiger partial charge in [-0.1, -0.05) is 34.1 Å². The molecular weight excluding hydrogens is 372 g/mol. The summed E-state index contributed by atoms with van der Waals surface area (Å²) in [5.41, 5.74) is 1.59. The van der Waals surface area contributed by atoms with Gasteiger partial charge in [-0.05, 0) is 37.3 Å². The lowest BCUT2D eigenvalue weighted by molar-refractivity contribution is 0.0924. The fourth-order valence-electron chi connectivity index (χ4n) is 2.77. The summed E-state index contributed by atoms with van der Waals surface area (Å²) < 4.78 is 9.83. The minimum atomic E-state index is -0.780. The zero-order chi connectivity index (χ0) is 17.1. The molecule has 1 unspecified atom stereocenters. The number of halogens is 1. The number of rotatable bonds is 6. The second kappa shape index (κ2) is 7.23. The van der Waals surface area contributed by atoms with Crippen molar-refractivity contribution in [3.8, 4) is 5.75 Å². The molecule has 1 atom stereocenters. The molecule has 6 heteroatoms. The molecule has 0 saturated heterocycles. The first-order chi connectivity index (χ1) is 11.6. The maximum atomic E-state index is 12.5. The minimum absolute atomic E-state index is 0.111. The summed E-state index contributed by atoms with van der Waals surface area (Å²) in [5, 5.41) is 10.3. The summed E-state index contributed by atoms with van der Waals surface area (Å²) in [6, 6.07) is 15.0. The normalized spacial score (nSPS) is 12.5. The molecule has 0 radical (unpaired) electrons. The van der Waals surface area contributed by atoms with E-state index >= 15 is 0 Å². The lowest BCUT2D eigenvalue weighted by atomic mass is 10.3. The van der Waals surface area contributed by atoms with Crippen molar-refractivity contribution in [2.45, 2.75) is 26.1 Å². The highest BCUT2D eigenvalue weighted by molar-refractivity contribution is 9.10. The first-order valence-corrected chi connectivity index (χ1v) is 8.64. The van der Waals surface area contributed by atoms with Crippen LogP contribution in [-0.4, -0.2) is 27.0 Å². The smallest absolute Gasteiger partial charge is 0.329 e. The number of ether oxygens (including phenoxy) is 1. The number of aryl methyl sites for hydroxylation is 1. The van der Waals surface area contributed by atoms with E-state index in [-0.39, 0.29) is 18.8 Å². The molecule has 1 heterocycles. The highest BCUT2D eigenvalue weighted by Gasteiger charge is 2.15. The summed E-state index contributed by atoms with van der Waals surface area (Å²) in [4.78, 5) is 12.5. The van der Waals surface area contributed by atoms with Crippen LogP contribution < -0.4 is 10.4 Å². The SMILES string of the molecule is CCn1c(=O)n(CC(O)COc2cccc(Br)c2)c2ccccc21. The maximum absolute atomic E-state index is 12.5. The summed E-state index contributed by atoms with van der Waals surface area (Å²) in [6.07, 6.45) is -0.780. The van der Waals surface area contributed by atoms with E-state index in [2.05, 4.69) is 15.9 Å². The third-order valence-electron chi connectivity index (χ3n) is 3.87. The average Bonchev–Trinajstić information content (AvgIpc) is 2.85. The highest BCUT2D eigenvalue weighted by atomic mass is 79.9. The Kier molecular flexibility index (Phi) is 5.06. The van der Waals surface area contributed by atoms with Crippen LogP contribution in [0.2, 0.25) is 0 Å². The molecule has 0 saturated carbocycles. The van der Waals surface area contributed by atoms with E-state index in [1.54, 1.807) is 9.13 Å². The number of para-hydroxylation sites is 2. The predicted molar refractivity (Wildman–Crippen MR) is 97.5 cm³/mol. The number of nitrogens with zero attached hydrogens (tertiary/aromatic N) is 2. The molecule has 5 nitrogen and oxygen atoms in total. The van der Waals surface area contributed by atoms with Crippen molar-refractivity contribution in [1.82, 2.24) is 9.13 Å². The zero-order valence-corrected chi connectivity index (χ0v) is 14.9. The molecule has 3 rings (SSSR count). The van der Waals surface area contributed by atoms with Gasteiger partial charge in [0.05, 0.1) is 17.6 Å². The van der Waals surface area contributed by atoms with Gasteiger partial charge in [-0.2, -0.15) is 0 Å². The molecule has 0 spiro atoms. The zero-order valence-electron chi connectivity index (χ0n) is 13.4. The van der Waals surface area contributed by atoms with E-state index in [1.807, 2.05) is 55.5 Å². The standard InChI is InChI=1S/C18H19BrN2O3/c1-2-20-16-8-3-4-9-17(16)21(18(20)23)11-14(22)12-24-15-7-5-6-13(19)10-15/h3-10,14,22H,2,11-12H2,1H3. The summed E-state index contributed by atoms with van der Waals surface area (Å²) >= 11 is 3.38. The van der Waals surface area contributed by atoms with Crippen molar-refractivity contribution >= 4 is 27.0 Å². The van der Waals surface area contributed by atoms with E-state index in [4.69, 9.17) is 4.74 Å². The van der Waals surface area contributed by atoms with Crippen LogP contribution in [0, 0.1) is 0 Å². The van der Waals surface area contributed by atoms with Crippen molar-refractivity contribution in [3.63, 3.8) is 0 Å². The number of benzene rings is 2. The minimum Gasteiger partial charge on any atom is -0.491 e. The lowest BCUT2D eigenvalue weighted by Gasteiger charge is -2.13. The maximum Gasteiger partial charge on any atom is 0.329 e. The van der Waals surface area contributed by atoms with Crippen molar-refractivity contribution in [3.05, 3.63) is 63.5 Å². The average molecular weight is 391 g/mol. The Labute approximate surface area is 148 Å². The number of aliphatic hydroxyl groups is 1. The Morgan fingerprint density at radius 3 is 2.50 bits per heavy atom. The van der Waals surface area contributed by atoms with Crippen molar-refractivity contribution in [2.24, 2.45) is 0 Å². The van der Waals surface area contributed by atoms with E-state index in [9.17, 15) is 9.90 Å². The summed E-state index contributed by atoms with van der Waals surface area (Å²) in [5.74, 6) is 0.673. The van der Waals surface area contributed by atoms with Crippen LogP contribution in [0.4, 0.5) is 0 Å². The van der Waals surface area contributed by atoms with Crippen LogP contribution >= 0.6 is 15.9 Å². The van der Waals surface area contributed by atoms with Crippen LogP contribution in [0.3, 0.4) is 0 Å². The second-order valence-corrected chi connectivity index (χ2v) is 6.46. The number of hydrogen-bond donors (Lipinski definition) is 1. The summed E-state index contributed by atoms with van der Waals surface area (Å²) in [6.45, 7) is 2.84. The van der Waals surface area contributed by atoms with Crippen LogP contribution in [0.25, 0.3) is 11.0 Å². The van der Waals surface area contributed by atoms with Crippen LogP contribution in [0.15, 0.2) is 57.8 Å². The fraction of sp³-hybridized carbons (Fsp3) is 0.278. The molecular formula is C18H19BrN2O3. The highest BCUT2D eigenvalue weighted by Crippen LogP contribution is 2.18. The molecule has 0 fully saturated rings. The quantitative estimate of drug-likeness (QED) is 0.703. The molecule has 0 aliphatic carbocycles. The van der Waals surface area contributed by atoms with Gasteiger partial charge in [0.15, 0.2) is 0 Å². The van der Waals surface area contributed by atoms with Gasteiger partial charge in [0.25, 0.3) is 0 Å². The van der Waals surface area contributed by atoms with Gasteiger partial charge in [-0.3, -0.25) is 9.13 Å². The van der Waals surface area contributed by atoms with Crippen LogP contribution in [0.5, 0.6) is 5.75 Å². The number of aromatic nitrogens is 2. The topological polar surface area (TPSA) is 56.4 Å². The van der Waals surface area contributed by atoms with Crippen molar-refractivity contribution < 1.29 is 9.84 Å². The van der Waals surface area contributed by atoms with E-state index in [0.29, 0.717) is 12.3 Å². The van der Waals surface area contributed by atoms with Crippen LogP contribution in [0.1, 0.15) is 6.92 Å². The Morgan fingerprint density at radius 2 is 1.83 bits per heavy atom. The molecule has 3 aromatic rings. The molecule has 0 amide bonds. The first-order valence-electron chi connectivity index (χ1n) is 7.84. The predicted octanol–water partition coefficient (Wildman–Crippen LogP) is 3.03. The van der Waals surface area contributed by atoms with Gasteiger partial charge in [0, 0.05) is 11.0 Å². The number of aliphatic hydroxyl groups excluding tert-OH is 1. The first kappa shape index (κ1) is 16.8. The molecule has 0 aliphatic heterocycles. The van der Waals surface area contributed by atoms with Gasteiger partial charge in [0.2, 0.25) is 0 Å². The molecule has 2 aromatic carbocycles. The molecule has 1 aromatic heterocycles. The molecule has 0 aliphatic rings. The van der Waals surface area contributed by atoms with Gasteiger partial charge in [0.1, 0.15) is 18.5 Å².